The van der Waals surface area contributed by atoms with Gasteiger partial charge in [-0.3, -0.25) is 9.48 Å². The maximum absolute atomic E-state index is 12.2. The summed E-state index contributed by atoms with van der Waals surface area (Å²) in [5, 5.41) is 21.6. The predicted octanol–water partition coefficient (Wildman–Crippen LogP) is 1.43. The molecule has 2 heterocycles. The first-order chi connectivity index (χ1) is 15.2. The molecule has 1 amide bonds. The van der Waals surface area contributed by atoms with Gasteiger partial charge in [-0.2, -0.15) is 5.10 Å². The summed E-state index contributed by atoms with van der Waals surface area (Å²) < 4.78 is 3.62. The van der Waals surface area contributed by atoms with Crippen molar-refractivity contribution in [3.63, 3.8) is 0 Å². The van der Waals surface area contributed by atoms with Gasteiger partial charge in [0.05, 0.1) is 6.54 Å². The van der Waals surface area contributed by atoms with Crippen molar-refractivity contribution in [1.82, 2.24) is 35.2 Å². The van der Waals surface area contributed by atoms with Crippen molar-refractivity contribution in [1.29, 1.82) is 0 Å². The van der Waals surface area contributed by atoms with Crippen LogP contribution < -0.4 is 16.0 Å². The van der Waals surface area contributed by atoms with E-state index in [1.807, 2.05) is 35.8 Å². The highest BCUT2D eigenvalue weighted by Gasteiger charge is 2.05. The fourth-order valence-corrected chi connectivity index (χ4v) is 3.04. The number of nitrogens with zero attached hydrogens (tertiary/aromatic N) is 6. The van der Waals surface area contributed by atoms with Crippen molar-refractivity contribution in [3.05, 3.63) is 60.4 Å². The van der Waals surface area contributed by atoms with E-state index in [9.17, 15) is 4.79 Å². The molecule has 0 saturated heterocycles. The number of rotatable bonds is 10. The Balaban J connectivity index is 1.53. The Labute approximate surface area is 181 Å². The first kappa shape index (κ1) is 22.0. The van der Waals surface area contributed by atoms with E-state index in [1.165, 1.54) is 0 Å². The van der Waals surface area contributed by atoms with Gasteiger partial charge >= 0.3 is 0 Å². The zero-order valence-corrected chi connectivity index (χ0v) is 18.0. The van der Waals surface area contributed by atoms with E-state index >= 15 is 0 Å². The fourth-order valence-electron chi connectivity index (χ4n) is 3.04. The summed E-state index contributed by atoms with van der Waals surface area (Å²) in [6, 6.07) is 9.48. The minimum Gasteiger partial charge on any atom is -0.357 e. The summed E-state index contributed by atoms with van der Waals surface area (Å²) in [6.07, 6.45) is 6.00. The minimum atomic E-state index is -0.125. The number of hydrogen-bond donors (Lipinski definition) is 3. The van der Waals surface area contributed by atoms with Crippen LogP contribution in [0.2, 0.25) is 0 Å². The van der Waals surface area contributed by atoms with Crippen LogP contribution in [0.1, 0.15) is 25.2 Å². The number of aromatic nitrogens is 5. The third-order valence-electron chi connectivity index (χ3n) is 4.50. The van der Waals surface area contributed by atoms with Crippen molar-refractivity contribution < 1.29 is 4.79 Å². The molecule has 31 heavy (non-hydrogen) atoms. The number of aryl methyl sites for hydroxylation is 1. The first-order valence-electron chi connectivity index (χ1n) is 10.4. The van der Waals surface area contributed by atoms with Gasteiger partial charge < -0.3 is 20.5 Å². The largest absolute Gasteiger partial charge is 0.357 e. The van der Waals surface area contributed by atoms with Crippen LogP contribution in [0.3, 0.4) is 0 Å². The summed E-state index contributed by atoms with van der Waals surface area (Å²) in [6.45, 7) is 7.00. The van der Waals surface area contributed by atoms with Crippen LogP contribution in [0.5, 0.6) is 0 Å². The molecule has 164 valence electrons. The molecule has 2 aromatic heterocycles. The van der Waals surface area contributed by atoms with Crippen molar-refractivity contribution in [2.75, 3.05) is 18.4 Å². The van der Waals surface area contributed by atoms with Crippen LogP contribution in [-0.4, -0.2) is 49.5 Å². The van der Waals surface area contributed by atoms with Gasteiger partial charge in [0.2, 0.25) is 5.91 Å². The average molecular weight is 424 g/mol. The lowest BCUT2D eigenvalue weighted by atomic mass is 10.2. The molecule has 10 nitrogen and oxygen atoms in total. The van der Waals surface area contributed by atoms with Crippen molar-refractivity contribution in [3.8, 4) is 0 Å². The molecule has 3 rings (SSSR count). The van der Waals surface area contributed by atoms with Crippen LogP contribution in [0.25, 0.3) is 0 Å². The quantitative estimate of drug-likeness (QED) is 0.336. The molecule has 0 unspecified atom stereocenters. The highest BCUT2D eigenvalue weighted by molar-refractivity contribution is 5.90. The molecule has 10 heteroatoms. The van der Waals surface area contributed by atoms with E-state index in [-0.39, 0.29) is 12.5 Å². The van der Waals surface area contributed by atoms with Gasteiger partial charge in [0.1, 0.15) is 18.7 Å². The average Bonchev–Trinajstić information content (AvgIpc) is 3.44. The number of amides is 1. The Morgan fingerprint density at radius 3 is 2.87 bits per heavy atom. The molecule has 1 aromatic carbocycles. The normalized spacial score (nSPS) is 11.4. The second kappa shape index (κ2) is 11.5. The van der Waals surface area contributed by atoms with Crippen molar-refractivity contribution >= 4 is 17.6 Å². The zero-order valence-electron chi connectivity index (χ0n) is 18.0. The molecule has 0 fully saturated rings. The topological polar surface area (TPSA) is 114 Å². The molecule has 0 aliphatic carbocycles. The lowest BCUT2D eigenvalue weighted by molar-refractivity contribution is -0.116. The molecule has 3 N–H and O–H groups in total. The summed E-state index contributed by atoms with van der Waals surface area (Å²) in [5.41, 5.74) is 1.74. The van der Waals surface area contributed by atoms with Gasteiger partial charge in [-0.25, -0.2) is 4.99 Å². The van der Waals surface area contributed by atoms with Crippen LogP contribution >= 0.6 is 0 Å². The molecular weight excluding hydrogens is 394 g/mol. The number of nitrogens with one attached hydrogen (secondary N) is 3. The summed E-state index contributed by atoms with van der Waals surface area (Å²) in [5.74, 6) is 1.58. The third kappa shape index (κ3) is 6.95. The second-order valence-electron chi connectivity index (χ2n) is 6.87. The van der Waals surface area contributed by atoms with Crippen molar-refractivity contribution in [2.45, 2.75) is 39.9 Å². The zero-order chi connectivity index (χ0) is 21.9. The number of anilines is 1. The lowest BCUT2D eigenvalue weighted by Gasteiger charge is -2.12. The van der Waals surface area contributed by atoms with Crippen LogP contribution in [-0.2, 0) is 30.8 Å². The third-order valence-corrected chi connectivity index (χ3v) is 4.50. The van der Waals surface area contributed by atoms with E-state index in [0.29, 0.717) is 13.1 Å². The van der Waals surface area contributed by atoms with Crippen LogP contribution in [0, 0.1) is 0 Å². The van der Waals surface area contributed by atoms with E-state index in [0.717, 1.165) is 42.5 Å². The Morgan fingerprint density at radius 2 is 2.10 bits per heavy atom. The maximum Gasteiger partial charge on any atom is 0.246 e. The van der Waals surface area contributed by atoms with Gasteiger partial charge in [-0.05, 0) is 30.7 Å². The van der Waals surface area contributed by atoms with Crippen molar-refractivity contribution in [2.24, 2.45) is 4.99 Å². The lowest BCUT2D eigenvalue weighted by Crippen LogP contribution is -2.38. The highest BCUT2D eigenvalue weighted by Crippen LogP contribution is 2.12. The summed E-state index contributed by atoms with van der Waals surface area (Å²) >= 11 is 0. The Hall–Kier alpha value is -3.69. The van der Waals surface area contributed by atoms with Gasteiger partial charge in [0, 0.05) is 44.1 Å². The van der Waals surface area contributed by atoms with Gasteiger partial charge in [0.15, 0.2) is 5.96 Å². The Kier molecular flexibility index (Phi) is 8.15. The van der Waals surface area contributed by atoms with E-state index in [1.54, 1.807) is 29.5 Å². The van der Waals surface area contributed by atoms with Gasteiger partial charge in [-0.15, -0.1) is 10.2 Å². The van der Waals surface area contributed by atoms with E-state index in [2.05, 4.69) is 43.2 Å². The number of benzene rings is 1. The molecule has 0 radical (unpaired) electrons. The number of aliphatic imine (C=N–C) groups is 1. The summed E-state index contributed by atoms with van der Waals surface area (Å²) in [7, 11) is 0. The molecular formula is C21H29N9O. The number of carbonyl (C=O) groups is 1. The molecule has 0 saturated carbocycles. The molecule has 0 aliphatic heterocycles. The molecule has 3 aromatic rings. The SMILES string of the molecule is CCNC(=NCc1cccc(NC(=O)Cn2cccn2)c1)NCCn1cnnc1CC. The molecule has 0 bridgehead atoms. The van der Waals surface area contributed by atoms with E-state index in [4.69, 9.17) is 0 Å². The maximum atomic E-state index is 12.2. The number of hydrogen-bond acceptors (Lipinski definition) is 5. The fraction of sp³-hybridized carbons (Fsp3) is 0.381. The second-order valence-corrected chi connectivity index (χ2v) is 6.87. The standard InChI is InChI=1S/C21H29N9O/c1-3-19-28-25-16-29(19)12-10-23-21(22-4-2)24-14-17-7-5-8-18(13-17)27-20(31)15-30-11-6-9-26-30/h5-9,11,13,16H,3-4,10,12,14-15H2,1-2H3,(H,27,31)(H2,22,23,24). The molecule has 0 aliphatic rings. The van der Waals surface area contributed by atoms with Gasteiger partial charge in [0.25, 0.3) is 0 Å². The van der Waals surface area contributed by atoms with E-state index < -0.39 is 0 Å². The Bertz CT molecular complexity index is 978. The van der Waals surface area contributed by atoms with Crippen LogP contribution in [0.4, 0.5) is 5.69 Å². The number of carbonyl (C=O) groups excluding carboxylic acids is 1. The minimum absolute atomic E-state index is 0.125. The van der Waals surface area contributed by atoms with Crippen LogP contribution in [0.15, 0.2) is 54.0 Å². The number of guanidine groups is 1. The highest BCUT2D eigenvalue weighted by atomic mass is 16.2. The van der Waals surface area contributed by atoms with Gasteiger partial charge in [-0.1, -0.05) is 19.1 Å². The summed E-state index contributed by atoms with van der Waals surface area (Å²) in [4.78, 5) is 16.8. The molecule has 0 spiro atoms. The monoisotopic (exact) mass is 423 g/mol. The molecule has 0 atom stereocenters. The first-order valence-corrected chi connectivity index (χ1v) is 10.4. The smallest absolute Gasteiger partial charge is 0.246 e. The Morgan fingerprint density at radius 1 is 1.19 bits per heavy atom. The predicted molar refractivity (Wildman–Crippen MR) is 120 cm³/mol.